The van der Waals surface area contributed by atoms with Crippen LogP contribution in [-0.4, -0.2) is 20.7 Å². The lowest BCUT2D eigenvalue weighted by molar-refractivity contribution is -0.124. The summed E-state index contributed by atoms with van der Waals surface area (Å²) >= 11 is 5.97. The first kappa shape index (κ1) is 13.8. The molecule has 0 saturated heterocycles. The molecule has 1 aliphatic carbocycles. The van der Waals surface area contributed by atoms with Gasteiger partial charge in [0.1, 0.15) is 17.7 Å². The first-order valence-corrected chi connectivity index (χ1v) is 8.06. The molecule has 1 unspecified atom stereocenters. The van der Waals surface area contributed by atoms with Gasteiger partial charge in [0.2, 0.25) is 5.91 Å². The predicted molar refractivity (Wildman–Crippen MR) is 82.7 cm³/mol. The molecule has 1 aromatic heterocycles. The molecule has 1 N–H and O–H groups in total. The van der Waals surface area contributed by atoms with Crippen LogP contribution in [0.15, 0.2) is 24.3 Å². The molecular weight excluding hydrogens is 300 g/mol. The van der Waals surface area contributed by atoms with Crippen molar-refractivity contribution in [3.8, 4) is 0 Å². The van der Waals surface area contributed by atoms with Crippen LogP contribution in [0.5, 0.6) is 0 Å². The Balaban J connectivity index is 1.47. The van der Waals surface area contributed by atoms with Crippen molar-refractivity contribution in [1.82, 2.24) is 20.1 Å². The summed E-state index contributed by atoms with van der Waals surface area (Å²) in [7, 11) is 0. The molecule has 6 heteroatoms. The normalized spacial score (nSPS) is 20.0. The molecule has 1 saturated carbocycles. The van der Waals surface area contributed by atoms with Crippen molar-refractivity contribution in [2.45, 2.75) is 44.2 Å². The van der Waals surface area contributed by atoms with E-state index in [4.69, 9.17) is 11.6 Å². The minimum absolute atomic E-state index is 0.0421. The number of carbonyl (C=O) groups excluding carboxylic acids is 1. The zero-order chi connectivity index (χ0) is 15.1. The molecule has 0 radical (unpaired) electrons. The van der Waals surface area contributed by atoms with E-state index in [1.54, 1.807) is 0 Å². The number of amides is 1. The van der Waals surface area contributed by atoms with Crippen LogP contribution in [0.1, 0.15) is 48.4 Å². The molecule has 1 aromatic carbocycles. The molecule has 22 heavy (non-hydrogen) atoms. The van der Waals surface area contributed by atoms with Crippen LogP contribution in [0.4, 0.5) is 0 Å². The van der Waals surface area contributed by atoms with Crippen LogP contribution >= 0.6 is 11.6 Å². The molecule has 0 spiro atoms. The van der Waals surface area contributed by atoms with Gasteiger partial charge in [-0.1, -0.05) is 23.7 Å². The maximum absolute atomic E-state index is 12.5. The zero-order valence-corrected chi connectivity index (χ0v) is 12.9. The van der Waals surface area contributed by atoms with E-state index in [2.05, 4.69) is 20.1 Å². The van der Waals surface area contributed by atoms with Gasteiger partial charge >= 0.3 is 0 Å². The average Bonchev–Trinajstić information content (AvgIpc) is 3.12. The highest BCUT2D eigenvalue weighted by Gasteiger charge is 2.37. The molecule has 4 rings (SSSR count). The summed E-state index contributed by atoms with van der Waals surface area (Å²) in [5, 5.41) is 12.2. The van der Waals surface area contributed by atoms with E-state index in [0.29, 0.717) is 17.5 Å². The number of aryl methyl sites for hydroxylation is 1. The second kappa shape index (κ2) is 5.39. The van der Waals surface area contributed by atoms with E-state index in [1.165, 1.54) is 0 Å². The van der Waals surface area contributed by atoms with Crippen molar-refractivity contribution in [1.29, 1.82) is 0 Å². The fourth-order valence-corrected chi connectivity index (χ4v) is 3.28. The lowest BCUT2D eigenvalue weighted by Gasteiger charge is -2.15. The van der Waals surface area contributed by atoms with Crippen LogP contribution < -0.4 is 5.32 Å². The molecule has 114 valence electrons. The topological polar surface area (TPSA) is 59.8 Å². The fraction of sp³-hybridized carbons (Fsp3) is 0.438. The monoisotopic (exact) mass is 316 g/mol. The van der Waals surface area contributed by atoms with Gasteiger partial charge in [-0.3, -0.25) is 4.79 Å². The molecule has 2 heterocycles. The van der Waals surface area contributed by atoms with E-state index >= 15 is 0 Å². The van der Waals surface area contributed by atoms with Crippen LogP contribution in [0.3, 0.4) is 0 Å². The summed E-state index contributed by atoms with van der Waals surface area (Å²) in [6.45, 7) is 0.492. The molecule has 1 fully saturated rings. The number of carbonyl (C=O) groups is 1. The number of aromatic nitrogens is 3. The summed E-state index contributed by atoms with van der Waals surface area (Å²) in [5.41, 5.74) is 1.00. The summed E-state index contributed by atoms with van der Waals surface area (Å²) in [6, 6.07) is 7.38. The average molecular weight is 317 g/mol. The van der Waals surface area contributed by atoms with Gasteiger partial charge in [-0.25, -0.2) is 0 Å². The Morgan fingerprint density at radius 2 is 2.18 bits per heavy atom. The van der Waals surface area contributed by atoms with Gasteiger partial charge < -0.3 is 9.88 Å². The Hall–Kier alpha value is -1.88. The zero-order valence-electron chi connectivity index (χ0n) is 12.1. The number of benzene rings is 1. The van der Waals surface area contributed by atoms with E-state index in [-0.39, 0.29) is 11.9 Å². The van der Waals surface area contributed by atoms with Crippen molar-refractivity contribution in [2.24, 2.45) is 0 Å². The minimum Gasteiger partial charge on any atom is -0.350 e. The van der Waals surface area contributed by atoms with E-state index in [9.17, 15) is 4.79 Å². The Bertz CT molecular complexity index is 723. The second-order valence-electron chi connectivity index (χ2n) is 6.02. The quantitative estimate of drug-likeness (QED) is 0.943. The number of nitrogens with one attached hydrogen (secondary N) is 1. The van der Waals surface area contributed by atoms with Crippen LogP contribution in [0.2, 0.25) is 5.02 Å². The standard InChI is InChI=1S/C16H17ClN4O/c17-12-3-1-2-10(8-12)9-18-16(22)13-6-7-14-19-20-15(21(13)14)11-4-5-11/h1-3,8,11,13H,4-7,9H2,(H,18,22). The number of hydrogen-bond acceptors (Lipinski definition) is 3. The van der Waals surface area contributed by atoms with Gasteiger partial charge in [-0.2, -0.15) is 0 Å². The third-order valence-corrected chi connectivity index (χ3v) is 4.58. The lowest BCUT2D eigenvalue weighted by atomic mass is 10.2. The van der Waals surface area contributed by atoms with Crippen LogP contribution in [-0.2, 0) is 17.8 Å². The Morgan fingerprint density at radius 1 is 1.32 bits per heavy atom. The van der Waals surface area contributed by atoms with Crippen LogP contribution in [0.25, 0.3) is 0 Å². The van der Waals surface area contributed by atoms with Gasteiger partial charge in [-0.15, -0.1) is 10.2 Å². The number of hydrogen-bond donors (Lipinski definition) is 1. The molecule has 2 aliphatic rings. The third-order valence-electron chi connectivity index (χ3n) is 4.35. The number of nitrogens with zero attached hydrogens (tertiary/aromatic N) is 3. The van der Waals surface area contributed by atoms with Crippen LogP contribution in [0, 0.1) is 0 Å². The van der Waals surface area contributed by atoms with Crippen molar-refractivity contribution >= 4 is 17.5 Å². The Morgan fingerprint density at radius 3 is 2.95 bits per heavy atom. The third kappa shape index (κ3) is 2.50. The summed E-state index contributed by atoms with van der Waals surface area (Å²) in [6.07, 6.45) is 3.96. The van der Waals surface area contributed by atoms with Crippen molar-refractivity contribution in [2.75, 3.05) is 0 Å². The minimum atomic E-state index is -0.167. The number of rotatable bonds is 4. The van der Waals surface area contributed by atoms with E-state index in [0.717, 1.165) is 42.9 Å². The highest BCUT2D eigenvalue weighted by atomic mass is 35.5. The summed E-state index contributed by atoms with van der Waals surface area (Å²) in [4.78, 5) is 12.5. The predicted octanol–water partition coefficient (Wildman–Crippen LogP) is 2.61. The Labute approximate surface area is 133 Å². The summed E-state index contributed by atoms with van der Waals surface area (Å²) in [5.74, 6) is 2.49. The number of fused-ring (bicyclic) bond motifs is 1. The highest BCUT2D eigenvalue weighted by Crippen LogP contribution is 2.42. The molecule has 1 atom stereocenters. The first-order chi connectivity index (χ1) is 10.7. The maximum atomic E-state index is 12.5. The van der Waals surface area contributed by atoms with Gasteiger partial charge in [0.05, 0.1) is 0 Å². The SMILES string of the molecule is O=C(NCc1cccc(Cl)c1)C1CCc2nnc(C3CC3)n21. The molecule has 1 aliphatic heterocycles. The molecular formula is C16H17ClN4O. The first-order valence-electron chi connectivity index (χ1n) is 7.68. The highest BCUT2D eigenvalue weighted by molar-refractivity contribution is 6.30. The summed E-state index contributed by atoms with van der Waals surface area (Å²) < 4.78 is 2.06. The fourth-order valence-electron chi connectivity index (χ4n) is 3.06. The molecule has 5 nitrogen and oxygen atoms in total. The maximum Gasteiger partial charge on any atom is 0.243 e. The van der Waals surface area contributed by atoms with Crippen molar-refractivity contribution in [3.05, 3.63) is 46.5 Å². The smallest absolute Gasteiger partial charge is 0.243 e. The molecule has 2 aromatic rings. The lowest BCUT2D eigenvalue weighted by Crippen LogP contribution is -2.31. The van der Waals surface area contributed by atoms with E-state index in [1.807, 2.05) is 24.3 Å². The molecule has 0 bridgehead atoms. The van der Waals surface area contributed by atoms with Gasteiger partial charge in [0.25, 0.3) is 0 Å². The van der Waals surface area contributed by atoms with E-state index < -0.39 is 0 Å². The molecule has 1 amide bonds. The van der Waals surface area contributed by atoms with Gasteiger partial charge in [-0.05, 0) is 37.0 Å². The van der Waals surface area contributed by atoms with Gasteiger partial charge in [0, 0.05) is 23.9 Å². The largest absolute Gasteiger partial charge is 0.350 e. The van der Waals surface area contributed by atoms with Crippen molar-refractivity contribution < 1.29 is 4.79 Å². The number of halogens is 1. The van der Waals surface area contributed by atoms with Gasteiger partial charge in [0.15, 0.2) is 0 Å². The Kier molecular flexibility index (Phi) is 3.37. The second-order valence-corrected chi connectivity index (χ2v) is 6.46. The van der Waals surface area contributed by atoms with Crippen molar-refractivity contribution in [3.63, 3.8) is 0 Å².